The molecule has 1 aromatic heterocycles. The molecule has 6 rings (SSSR count). The van der Waals surface area contributed by atoms with Gasteiger partial charge in [-0.15, -0.1) is 23.1 Å². The molecular weight excluding hydrogens is 705 g/mol. The molecule has 11 heteroatoms. The molecule has 1 unspecified atom stereocenters. The predicted molar refractivity (Wildman–Crippen MR) is 212 cm³/mol. The van der Waals surface area contributed by atoms with Gasteiger partial charge in [0.05, 0.1) is 19.4 Å². The number of methoxy groups -OCH3 is 1. The number of ether oxygens (including phenoxy) is 2. The number of carbonyl (C=O) groups excluding carboxylic acids is 3. The van der Waals surface area contributed by atoms with Gasteiger partial charge in [0.2, 0.25) is 5.91 Å². The maximum atomic E-state index is 13.9. The molecule has 0 spiro atoms. The van der Waals surface area contributed by atoms with E-state index in [0.29, 0.717) is 34.3 Å². The van der Waals surface area contributed by atoms with Crippen molar-refractivity contribution in [3.63, 3.8) is 0 Å². The second-order valence-electron chi connectivity index (χ2n) is 11.5. The number of thiazole rings is 1. The fraction of sp³-hybridized carbons (Fsp3) is 0.0952. The molecule has 0 aliphatic carbocycles. The highest BCUT2D eigenvalue weighted by molar-refractivity contribution is 8.00. The van der Waals surface area contributed by atoms with Gasteiger partial charge in [-0.05, 0) is 90.9 Å². The first-order valence-electron chi connectivity index (χ1n) is 16.7. The Morgan fingerprint density at radius 3 is 2.21 bits per heavy atom. The van der Waals surface area contributed by atoms with Crippen LogP contribution in [0.15, 0.2) is 149 Å². The molecule has 5 aromatic carbocycles. The van der Waals surface area contributed by atoms with Gasteiger partial charge in [-0.2, -0.15) is 0 Å². The van der Waals surface area contributed by atoms with Crippen molar-refractivity contribution in [2.75, 3.05) is 24.4 Å². The van der Waals surface area contributed by atoms with Crippen LogP contribution in [0, 0.1) is 0 Å². The summed E-state index contributed by atoms with van der Waals surface area (Å²) in [6.07, 6.45) is 1.60. The lowest BCUT2D eigenvalue weighted by atomic mass is 10.1. The van der Waals surface area contributed by atoms with E-state index in [1.165, 1.54) is 23.1 Å². The van der Waals surface area contributed by atoms with Crippen molar-refractivity contribution < 1.29 is 23.9 Å². The van der Waals surface area contributed by atoms with Crippen LogP contribution in [0.4, 0.5) is 10.8 Å². The third-order valence-electron chi connectivity index (χ3n) is 7.84. The molecule has 0 saturated carbocycles. The minimum atomic E-state index is -0.629. The van der Waals surface area contributed by atoms with Gasteiger partial charge in [-0.25, -0.2) is 4.98 Å². The van der Waals surface area contributed by atoms with Crippen molar-refractivity contribution in [3.05, 3.63) is 161 Å². The Morgan fingerprint density at radius 1 is 0.811 bits per heavy atom. The van der Waals surface area contributed by atoms with Crippen molar-refractivity contribution in [2.24, 2.45) is 0 Å². The first kappa shape index (κ1) is 36.6. The van der Waals surface area contributed by atoms with Crippen molar-refractivity contribution in [1.82, 2.24) is 10.3 Å². The van der Waals surface area contributed by atoms with Crippen molar-refractivity contribution in [1.29, 1.82) is 0 Å². The number of hydrogen-bond acceptors (Lipinski definition) is 8. The molecule has 0 aliphatic rings. The summed E-state index contributed by atoms with van der Waals surface area (Å²) in [4.78, 5) is 46.1. The van der Waals surface area contributed by atoms with E-state index >= 15 is 0 Å². The molecule has 266 valence electrons. The minimum absolute atomic E-state index is 0.0525. The fourth-order valence-electron chi connectivity index (χ4n) is 5.21. The van der Waals surface area contributed by atoms with Gasteiger partial charge in [0.1, 0.15) is 22.4 Å². The summed E-state index contributed by atoms with van der Waals surface area (Å²) in [5.41, 5.74) is 4.12. The molecular formula is C42H36N4O5S2. The summed E-state index contributed by atoms with van der Waals surface area (Å²) >= 11 is 2.70. The Balaban J connectivity index is 1.19. The molecule has 6 aromatic rings. The van der Waals surface area contributed by atoms with Gasteiger partial charge in [0, 0.05) is 27.1 Å². The van der Waals surface area contributed by atoms with Gasteiger partial charge in [-0.1, -0.05) is 66.7 Å². The van der Waals surface area contributed by atoms with E-state index in [4.69, 9.17) is 9.47 Å². The third-order valence-corrected chi connectivity index (χ3v) is 9.84. The molecule has 53 heavy (non-hydrogen) atoms. The number of amides is 3. The Kier molecular flexibility index (Phi) is 12.3. The number of benzene rings is 5. The van der Waals surface area contributed by atoms with Crippen LogP contribution in [-0.2, 0) is 9.59 Å². The summed E-state index contributed by atoms with van der Waals surface area (Å²) in [7, 11) is 1.58. The van der Waals surface area contributed by atoms with E-state index in [9.17, 15) is 14.4 Å². The Bertz CT molecular complexity index is 2190. The summed E-state index contributed by atoms with van der Waals surface area (Å²) < 4.78 is 10.8. The molecule has 0 aliphatic heterocycles. The molecule has 3 N–H and O–H groups in total. The molecule has 3 amide bonds. The monoisotopic (exact) mass is 740 g/mol. The maximum Gasteiger partial charge on any atom is 0.272 e. The van der Waals surface area contributed by atoms with Crippen LogP contribution in [0.3, 0.4) is 0 Å². The number of thioether (sulfide) groups is 1. The zero-order valence-corrected chi connectivity index (χ0v) is 30.6. The molecule has 0 radical (unpaired) electrons. The van der Waals surface area contributed by atoms with Crippen LogP contribution in [0.2, 0.25) is 0 Å². The standard InChI is InChI=1S/C42H36N4O5S2/c1-3-51-34-23-19-29(20-24-34)37-27-52-42(45-37)46-41(49)38(30-11-6-4-7-12-30)53-35-16-10-15-32(26-35)43-40(48)36(25-28-17-21-33(50-2)22-18-28)44-39(47)31-13-8-5-9-14-31/h4-27,38H,3H2,1-2H3,(H,43,48)(H,44,47)(H,45,46,49)/b36-25+. The molecule has 9 nitrogen and oxygen atoms in total. The number of rotatable bonds is 14. The van der Waals surface area contributed by atoms with Gasteiger partial charge in [0.25, 0.3) is 11.8 Å². The average Bonchev–Trinajstić information content (AvgIpc) is 3.66. The van der Waals surface area contributed by atoms with Crippen LogP contribution < -0.4 is 25.4 Å². The Labute approximate surface area is 316 Å². The zero-order chi connectivity index (χ0) is 37.0. The van der Waals surface area contributed by atoms with Crippen molar-refractivity contribution in [2.45, 2.75) is 17.1 Å². The Hall–Kier alpha value is -6.17. The smallest absolute Gasteiger partial charge is 0.272 e. The summed E-state index contributed by atoms with van der Waals surface area (Å²) in [5, 5.41) is 10.4. The predicted octanol–water partition coefficient (Wildman–Crippen LogP) is 9.10. The van der Waals surface area contributed by atoms with Crippen molar-refractivity contribution in [3.8, 4) is 22.8 Å². The summed E-state index contributed by atoms with van der Waals surface area (Å²) in [6.45, 7) is 2.53. The number of anilines is 2. The van der Waals surface area contributed by atoms with Crippen LogP contribution >= 0.6 is 23.1 Å². The summed E-state index contributed by atoms with van der Waals surface area (Å²) in [5.74, 6) is 0.270. The molecule has 0 bridgehead atoms. The highest BCUT2D eigenvalue weighted by Gasteiger charge is 2.24. The topological polar surface area (TPSA) is 119 Å². The number of nitrogens with one attached hydrogen (secondary N) is 3. The zero-order valence-electron chi connectivity index (χ0n) is 28.9. The highest BCUT2D eigenvalue weighted by Crippen LogP contribution is 2.38. The van der Waals surface area contributed by atoms with Crippen LogP contribution in [0.5, 0.6) is 11.5 Å². The first-order valence-corrected chi connectivity index (χ1v) is 18.5. The lowest BCUT2D eigenvalue weighted by molar-refractivity contribution is -0.116. The molecule has 0 fully saturated rings. The normalized spacial score (nSPS) is 11.6. The van der Waals surface area contributed by atoms with E-state index in [1.54, 1.807) is 79.9 Å². The maximum absolute atomic E-state index is 13.9. The quantitative estimate of drug-likeness (QED) is 0.0753. The largest absolute Gasteiger partial charge is 0.497 e. The summed E-state index contributed by atoms with van der Waals surface area (Å²) in [6, 6.07) is 40.2. The van der Waals surface area contributed by atoms with Crippen LogP contribution in [-0.4, -0.2) is 36.4 Å². The highest BCUT2D eigenvalue weighted by atomic mass is 32.2. The molecule has 0 saturated heterocycles. The van der Waals surface area contributed by atoms with E-state index in [0.717, 1.165) is 27.5 Å². The minimum Gasteiger partial charge on any atom is -0.497 e. The SMILES string of the molecule is CCOc1ccc(-c2csc(NC(=O)C(Sc3cccc(NC(=O)/C(=C\c4ccc(OC)cc4)NC(=O)c4ccccc4)c3)c3ccccc3)n2)cc1. The average molecular weight is 741 g/mol. The van der Waals surface area contributed by atoms with Gasteiger partial charge < -0.3 is 25.4 Å². The molecule has 1 heterocycles. The van der Waals surface area contributed by atoms with E-state index in [-0.39, 0.29) is 11.6 Å². The lowest BCUT2D eigenvalue weighted by Gasteiger charge is -2.17. The van der Waals surface area contributed by atoms with Gasteiger partial charge >= 0.3 is 0 Å². The van der Waals surface area contributed by atoms with Gasteiger partial charge in [0.15, 0.2) is 5.13 Å². The second kappa shape index (κ2) is 17.9. The van der Waals surface area contributed by atoms with Crippen LogP contribution in [0.1, 0.15) is 33.7 Å². The number of hydrogen-bond donors (Lipinski definition) is 3. The van der Waals surface area contributed by atoms with E-state index < -0.39 is 17.1 Å². The molecule has 1 atom stereocenters. The fourth-order valence-corrected chi connectivity index (χ4v) is 7.02. The van der Waals surface area contributed by atoms with E-state index in [2.05, 4.69) is 20.9 Å². The van der Waals surface area contributed by atoms with Crippen molar-refractivity contribution >= 4 is 57.7 Å². The first-order chi connectivity index (χ1) is 25.9. The Morgan fingerprint density at radius 2 is 1.51 bits per heavy atom. The van der Waals surface area contributed by atoms with Gasteiger partial charge in [-0.3, -0.25) is 14.4 Å². The van der Waals surface area contributed by atoms with Crippen LogP contribution in [0.25, 0.3) is 17.3 Å². The lowest BCUT2D eigenvalue weighted by Crippen LogP contribution is -2.30. The van der Waals surface area contributed by atoms with E-state index in [1.807, 2.05) is 79.0 Å². The number of nitrogens with zero attached hydrogens (tertiary/aromatic N) is 1. The number of carbonyl (C=O) groups is 3. The second-order valence-corrected chi connectivity index (χ2v) is 13.6. The number of aromatic nitrogens is 1. The third kappa shape index (κ3) is 10.0.